The molecule has 3 aliphatic heterocycles. The van der Waals surface area contributed by atoms with Gasteiger partial charge in [-0.05, 0) is 58.6 Å². The second-order valence-electron chi connectivity index (χ2n) is 10.1. The monoisotopic (exact) mass is 530 g/mol. The Morgan fingerprint density at radius 3 is 2.63 bits per heavy atom. The topological polar surface area (TPSA) is 128 Å². The lowest BCUT2D eigenvalue weighted by molar-refractivity contribution is -0.117. The van der Waals surface area contributed by atoms with Crippen molar-refractivity contribution in [3.8, 4) is 5.75 Å². The number of hydrogen-bond acceptors (Lipinski definition) is 8. The first-order valence-electron chi connectivity index (χ1n) is 11.6. The van der Waals surface area contributed by atoms with Crippen molar-refractivity contribution in [3.63, 3.8) is 0 Å². The van der Waals surface area contributed by atoms with Gasteiger partial charge in [0.2, 0.25) is 0 Å². The predicted molar refractivity (Wildman–Crippen MR) is 129 cm³/mol. The number of piperidine rings is 1. The molecule has 3 heterocycles. The van der Waals surface area contributed by atoms with Crippen LogP contribution >= 0.6 is 11.8 Å². The van der Waals surface area contributed by atoms with Crippen LogP contribution in [-0.2, 0) is 26.2 Å². The minimum absolute atomic E-state index is 0.0433. The number of thioether (sulfide) groups is 1. The van der Waals surface area contributed by atoms with Crippen LogP contribution in [0.1, 0.15) is 39.2 Å². The van der Waals surface area contributed by atoms with E-state index in [1.165, 1.54) is 17.8 Å². The molecule has 3 aliphatic rings. The molecule has 1 aromatic rings. The van der Waals surface area contributed by atoms with Gasteiger partial charge >= 0.3 is 16.3 Å². The summed E-state index contributed by atoms with van der Waals surface area (Å²) in [5.74, 6) is -1.09. The second-order valence-corrected chi connectivity index (χ2v) is 12.8. The van der Waals surface area contributed by atoms with Crippen LogP contribution in [-0.4, -0.2) is 74.0 Å². The zero-order valence-corrected chi connectivity index (χ0v) is 21.6. The Bertz CT molecular complexity index is 1120. The molecule has 10 nitrogen and oxygen atoms in total. The first-order chi connectivity index (χ1) is 16.3. The summed E-state index contributed by atoms with van der Waals surface area (Å²) in [6.45, 7) is 6.91. The van der Waals surface area contributed by atoms with Gasteiger partial charge in [0.15, 0.2) is 5.82 Å². The summed E-state index contributed by atoms with van der Waals surface area (Å²) in [5, 5.41) is 13.8. The number of ether oxygens (including phenoxy) is 1. The number of hydrogen-bond donors (Lipinski definition) is 3. The van der Waals surface area contributed by atoms with Crippen LogP contribution in [0.4, 0.5) is 14.9 Å². The van der Waals surface area contributed by atoms with Crippen LogP contribution in [0.5, 0.6) is 5.75 Å². The Kier molecular flexibility index (Phi) is 7.13. The highest BCUT2D eigenvalue weighted by atomic mass is 32.2. The fraction of sp³-hybridized carbons (Fsp3) is 0.636. The number of anilines is 1. The summed E-state index contributed by atoms with van der Waals surface area (Å²) in [4.78, 5) is 26.1. The molecule has 0 radical (unpaired) electrons. The maximum atomic E-state index is 15.4. The number of fused-ring (bicyclic) bond motifs is 1. The van der Waals surface area contributed by atoms with Gasteiger partial charge in [-0.3, -0.25) is 4.79 Å². The number of benzene rings is 1. The van der Waals surface area contributed by atoms with Crippen molar-refractivity contribution in [2.24, 2.45) is 5.92 Å². The zero-order chi connectivity index (χ0) is 25.5. The lowest BCUT2D eigenvalue weighted by Gasteiger charge is -2.34. The standard InChI is InChI=1S/C22H31FN4O6S2/c1-22(2,3)33-21(30)26-6-4-13(5-7-26)10-24-14-8-15-17(34-12-14)9-16(28)20(19(15)23)27-11-18(29)25-35(27,31)32/h9,13-14,24,28H,4-8,10-12H2,1-3H3,(H,25,29)/t14-/m0/s1. The van der Waals surface area contributed by atoms with Gasteiger partial charge in [-0.25, -0.2) is 18.2 Å². The Hall–Kier alpha value is -2.25. The molecular weight excluding hydrogens is 499 g/mol. The van der Waals surface area contributed by atoms with Gasteiger partial charge in [-0.15, -0.1) is 11.8 Å². The molecule has 0 unspecified atom stereocenters. The van der Waals surface area contributed by atoms with Crippen molar-refractivity contribution in [1.82, 2.24) is 14.9 Å². The minimum atomic E-state index is -4.25. The van der Waals surface area contributed by atoms with Gasteiger partial charge in [0, 0.05) is 35.3 Å². The van der Waals surface area contributed by atoms with Crippen molar-refractivity contribution < 1.29 is 32.2 Å². The lowest BCUT2D eigenvalue weighted by Crippen LogP contribution is -2.45. The number of carbonyl (C=O) groups is 2. The number of halogens is 1. The summed E-state index contributed by atoms with van der Waals surface area (Å²) in [6, 6.07) is 1.32. The van der Waals surface area contributed by atoms with Gasteiger partial charge in [0.25, 0.3) is 5.91 Å². The molecule has 0 aliphatic carbocycles. The van der Waals surface area contributed by atoms with Crippen molar-refractivity contribution >= 4 is 39.7 Å². The highest BCUT2D eigenvalue weighted by molar-refractivity contribution is 7.99. The SMILES string of the molecule is CC(C)(C)OC(=O)N1CCC(CN[C@@H]2CSc3cc(O)c(N4CC(=O)NS4(=O)=O)c(F)c3C2)CC1. The molecule has 194 valence electrons. The number of amides is 2. The number of likely N-dealkylation sites (tertiary alicyclic amines) is 1. The minimum Gasteiger partial charge on any atom is -0.506 e. The fourth-order valence-electron chi connectivity index (χ4n) is 4.45. The number of rotatable bonds is 4. The fourth-order valence-corrected chi connectivity index (χ4v) is 6.77. The normalized spacial score (nSPS) is 22.6. The van der Waals surface area contributed by atoms with E-state index < -0.39 is 45.5 Å². The number of nitrogens with zero attached hydrogens (tertiary/aromatic N) is 2. The summed E-state index contributed by atoms with van der Waals surface area (Å²) in [7, 11) is -4.25. The third-order valence-corrected chi connectivity index (χ3v) is 8.82. The van der Waals surface area contributed by atoms with E-state index in [9.17, 15) is 23.1 Å². The Morgan fingerprint density at radius 2 is 2.03 bits per heavy atom. The molecule has 0 spiro atoms. The van der Waals surface area contributed by atoms with Crippen LogP contribution in [0.15, 0.2) is 11.0 Å². The molecule has 4 rings (SSSR count). The van der Waals surface area contributed by atoms with E-state index in [0.717, 1.165) is 12.8 Å². The van der Waals surface area contributed by atoms with E-state index in [1.54, 1.807) is 9.62 Å². The second kappa shape index (κ2) is 9.66. The molecule has 2 amide bonds. The van der Waals surface area contributed by atoms with Gasteiger partial charge in [-0.1, -0.05) is 0 Å². The van der Waals surface area contributed by atoms with Crippen LogP contribution in [0.25, 0.3) is 0 Å². The van der Waals surface area contributed by atoms with Gasteiger partial charge < -0.3 is 20.1 Å². The van der Waals surface area contributed by atoms with Crippen molar-refractivity contribution in [2.75, 3.05) is 36.2 Å². The third-order valence-electron chi connectivity index (χ3n) is 6.20. The van der Waals surface area contributed by atoms with E-state index >= 15 is 4.39 Å². The summed E-state index contributed by atoms with van der Waals surface area (Å²) < 4.78 is 47.6. The number of carbonyl (C=O) groups excluding carboxylic acids is 2. The molecule has 0 bridgehead atoms. The highest BCUT2D eigenvalue weighted by Gasteiger charge is 2.39. The van der Waals surface area contributed by atoms with Crippen LogP contribution in [0.2, 0.25) is 0 Å². The molecular formula is C22H31FN4O6S2. The number of phenols is 1. The van der Waals surface area contributed by atoms with Crippen molar-refractivity contribution in [3.05, 3.63) is 17.4 Å². The van der Waals surface area contributed by atoms with Gasteiger partial charge in [0.1, 0.15) is 23.6 Å². The lowest BCUT2D eigenvalue weighted by atomic mass is 9.96. The van der Waals surface area contributed by atoms with E-state index in [4.69, 9.17) is 4.74 Å². The van der Waals surface area contributed by atoms with E-state index in [-0.39, 0.29) is 12.1 Å². The Balaban J connectivity index is 1.36. The molecule has 2 fully saturated rings. The summed E-state index contributed by atoms with van der Waals surface area (Å²) in [5.41, 5.74) is -0.708. The van der Waals surface area contributed by atoms with Crippen LogP contribution in [0.3, 0.4) is 0 Å². The first-order valence-corrected chi connectivity index (χ1v) is 14.0. The summed E-state index contributed by atoms with van der Waals surface area (Å²) in [6.07, 6.45) is 1.70. The molecule has 2 saturated heterocycles. The van der Waals surface area contributed by atoms with E-state index in [0.29, 0.717) is 52.5 Å². The molecule has 0 aromatic heterocycles. The maximum Gasteiger partial charge on any atom is 0.410 e. The quantitative estimate of drug-likeness (QED) is 0.539. The number of phenolic OH excluding ortho intramolecular Hbond substituents is 1. The molecule has 3 N–H and O–H groups in total. The van der Waals surface area contributed by atoms with Crippen molar-refractivity contribution in [2.45, 2.75) is 56.6 Å². The van der Waals surface area contributed by atoms with E-state index in [2.05, 4.69) is 5.32 Å². The van der Waals surface area contributed by atoms with Crippen molar-refractivity contribution in [1.29, 1.82) is 0 Å². The average molecular weight is 531 g/mol. The third kappa shape index (κ3) is 5.78. The predicted octanol–water partition coefficient (Wildman–Crippen LogP) is 1.97. The molecule has 1 atom stereocenters. The van der Waals surface area contributed by atoms with Crippen LogP contribution < -0.4 is 14.3 Å². The maximum absolute atomic E-state index is 15.4. The number of aromatic hydroxyl groups is 1. The summed E-state index contributed by atoms with van der Waals surface area (Å²) >= 11 is 1.39. The zero-order valence-electron chi connectivity index (χ0n) is 20.0. The average Bonchev–Trinajstić information content (AvgIpc) is 3.03. The van der Waals surface area contributed by atoms with Gasteiger partial charge in [0.05, 0.1) is 0 Å². The first kappa shape index (κ1) is 25.8. The van der Waals surface area contributed by atoms with Crippen LogP contribution in [0, 0.1) is 11.7 Å². The Morgan fingerprint density at radius 1 is 1.34 bits per heavy atom. The Labute approximate surface area is 208 Å². The smallest absolute Gasteiger partial charge is 0.410 e. The highest BCUT2D eigenvalue weighted by Crippen LogP contribution is 2.42. The molecule has 35 heavy (non-hydrogen) atoms. The molecule has 13 heteroatoms. The van der Waals surface area contributed by atoms with Gasteiger partial charge in [-0.2, -0.15) is 8.42 Å². The van der Waals surface area contributed by atoms with E-state index in [1.807, 2.05) is 20.8 Å². The molecule has 1 aromatic carbocycles. The molecule has 0 saturated carbocycles. The number of nitrogens with one attached hydrogen (secondary N) is 2. The largest absolute Gasteiger partial charge is 0.506 e.